The number of hydrogen-bond donors (Lipinski definition) is 0. The van der Waals surface area contributed by atoms with Gasteiger partial charge in [-0.1, -0.05) is 19.9 Å². The molecule has 24 heavy (non-hydrogen) atoms. The fourth-order valence-electron chi connectivity index (χ4n) is 4.30. The van der Waals surface area contributed by atoms with E-state index in [1.165, 1.54) is 51.4 Å². The summed E-state index contributed by atoms with van der Waals surface area (Å²) < 4.78 is 2.42. The highest BCUT2D eigenvalue weighted by atomic mass is 15.1. The Morgan fingerprint density at radius 3 is 2.58 bits per heavy atom. The summed E-state index contributed by atoms with van der Waals surface area (Å²) in [6, 6.07) is 11.7. The van der Waals surface area contributed by atoms with E-state index >= 15 is 0 Å². The summed E-state index contributed by atoms with van der Waals surface area (Å²) in [5.74, 6) is 0. The lowest BCUT2D eigenvalue weighted by atomic mass is 9.71. The van der Waals surface area contributed by atoms with Gasteiger partial charge in [0.25, 0.3) is 0 Å². The van der Waals surface area contributed by atoms with E-state index in [2.05, 4.69) is 80.9 Å². The van der Waals surface area contributed by atoms with Gasteiger partial charge in [-0.2, -0.15) is 0 Å². The van der Waals surface area contributed by atoms with Gasteiger partial charge in [-0.3, -0.25) is 0 Å². The fraction of sp³-hybridized carbons (Fsp3) is 0.409. The predicted molar refractivity (Wildman–Crippen MR) is 103 cm³/mol. The van der Waals surface area contributed by atoms with Gasteiger partial charge >= 0.3 is 0 Å². The van der Waals surface area contributed by atoms with Gasteiger partial charge < -0.3 is 4.90 Å². The van der Waals surface area contributed by atoms with Gasteiger partial charge in [0.15, 0.2) is 0 Å². The lowest BCUT2D eigenvalue weighted by molar-refractivity contribution is 0.577. The quantitative estimate of drug-likeness (QED) is 0.731. The van der Waals surface area contributed by atoms with Crippen LogP contribution in [0, 0.1) is 0 Å². The number of rotatable bonds is 1. The zero-order chi connectivity index (χ0) is 17.1. The van der Waals surface area contributed by atoms with E-state index in [1.54, 1.807) is 0 Å². The van der Waals surface area contributed by atoms with Crippen molar-refractivity contribution in [1.82, 2.24) is 4.58 Å². The first-order valence-corrected chi connectivity index (χ1v) is 8.93. The molecule has 124 valence electrons. The van der Waals surface area contributed by atoms with Crippen LogP contribution >= 0.6 is 0 Å². The molecule has 0 atom stereocenters. The number of aryl methyl sites for hydroxylation is 1. The molecular weight excluding hydrogens is 292 g/mol. The fourth-order valence-corrected chi connectivity index (χ4v) is 4.30. The summed E-state index contributed by atoms with van der Waals surface area (Å²) >= 11 is 0. The van der Waals surface area contributed by atoms with E-state index in [0.717, 1.165) is 6.54 Å². The van der Waals surface area contributed by atoms with Crippen molar-refractivity contribution < 1.29 is 0 Å². The Hall–Kier alpha value is -2.09. The van der Waals surface area contributed by atoms with E-state index in [1.807, 2.05) is 0 Å². The van der Waals surface area contributed by atoms with Crippen LogP contribution in [-0.4, -0.2) is 27.7 Å². The molecule has 0 unspecified atom stereocenters. The Morgan fingerprint density at radius 1 is 1.04 bits per heavy atom. The first-order chi connectivity index (χ1) is 11.4. The third-order valence-corrected chi connectivity index (χ3v) is 5.81. The molecule has 2 heteroatoms. The normalized spacial score (nSPS) is 17.5. The zero-order valence-corrected chi connectivity index (χ0v) is 15.5. The van der Waals surface area contributed by atoms with Crippen LogP contribution in [0.1, 0.15) is 42.5 Å². The molecule has 1 heterocycles. The van der Waals surface area contributed by atoms with Crippen LogP contribution < -0.4 is 20.1 Å². The lowest BCUT2D eigenvalue weighted by Crippen LogP contribution is -2.40. The van der Waals surface area contributed by atoms with E-state index in [4.69, 9.17) is 0 Å². The van der Waals surface area contributed by atoms with Gasteiger partial charge in [0.1, 0.15) is 13.6 Å². The molecule has 0 amide bonds. The summed E-state index contributed by atoms with van der Waals surface area (Å²) in [4.78, 5) is 2.19. The van der Waals surface area contributed by atoms with Crippen LogP contribution in [0.4, 0.5) is 5.69 Å². The molecular formula is C22H27N2+. The lowest BCUT2D eigenvalue weighted by Gasteiger charge is -2.33. The Bertz CT molecular complexity index is 949. The second kappa shape index (κ2) is 5.20. The monoisotopic (exact) mass is 319 g/mol. The van der Waals surface area contributed by atoms with Crippen LogP contribution in [0.25, 0.3) is 6.08 Å². The molecule has 0 spiro atoms. The van der Waals surface area contributed by atoms with Gasteiger partial charge in [-0.15, -0.1) is 0 Å². The third kappa shape index (κ3) is 2.20. The molecule has 1 aliphatic carbocycles. The molecule has 0 radical (unpaired) electrons. The summed E-state index contributed by atoms with van der Waals surface area (Å²) in [5.41, 5.74) is 7.05. The minimum atomic E-state index is 0.0265. The van der Waals surface area contributed by atoms with E-state index < -0.39 is 0 Å². The maximum atomic E-state index is 2.45. The molecule has 2 aliphatic rings. The van der Waals surface area contributed by atoms with Crippen molar-refractivity contribution in [3.8, 4) is 0 Å². The Morgan fingerprint density at radius 2 is 1.83 bits per heavy atom. The second-order valence-electron chi connectivity index (χ2n) is 8.03. The minimum absolute atomic E-state index is 0.0265. The highest BCUT2D eigenvalue weighted by molar-refractivity contribution is 5.67. The van der Waals surface area contributed by atoms with E-state index in [9.17, 15) is 0 Å². The summed E-state index contributed by atoms with van der Waals surface area (Å²) in [7, 11) is 6.45. The summed E-state index contributed by atoms with van der Waals surface area (Å²) in [5, 5.41) is 2.83. The standard InChI is InChI=1S/C22H27N2/c1-22(2)19-13-18(23(3)4)9-8-15(19)11-17-12-16-7-6-10-24(5)21(16)14-20(17)22/h8-9,11-14H,6-7,10H2,1-5H3/q+1. The topological polar surface area (TPSA) is 6.25 Å². The molecule has 2 nitrogen and oxygen atoms in total. The van der Waals surface area contributed by atoms with Gasteiger partial charge in [0.05, 0.1) is 0 Å². The average Bonchev–Trinajstić information content (AvgIpc) is 2.54. The van der Waals surface area contributed by atoms with E-state index in [-0.39, 0.29) is 5.41 Å². The van der Waals surface area contributed by atoms with Crippen LogP contribution in [0.15, 0.2) is 30.3 Å². The van der Waals surface area contributed by atoms with Crippen molar-refractivity contribution in [3.63, 3.8) is 0 Å². The molecule has 0 N–H and O–H groups in total. The summed E-state index contributed by atoms with van der Waals surface area (Å²) in [6.07, 6.45) is 4.84. The van der Waals surface area contributed by atoms with Crippen LogP contribution in [-0.2, 0) is 11.8 Å². The number of hydrogen-bond acceptors (Lipinski definition) is 1. The molecule has 0 aromatic heterocycles. The molecule has 0 bridgehead atoms. The molecule has 0 saturated carbocycles. The van der Waals surface area contributed by atoms with Crippen molar-refractivity contribution in [2.75, 3.05) is 32.6 Å². The van der Waals surface area contributed by atoms with Gasteiger partial charge in [0.2, 0.25) is 5.36 Å². The maximum absolute atomic E-state index is 2.45. The minimum Gasteiger partial charge on any atom is -0.378 e. The van der Waals surface area contributed by atoms with Crippen LogP contribution in [0.5, 0.6) is 0 Å². The number of benzene rings is 2. The smallest absolute Gasteiger partial charge is 0.203 e. The predicted octanol–water partition coefficient (Wildman–Crippen LogP) is 2.29. The zero-order valence-electron chi connectivity index (χ0n) is 15.5. The Labute approximate surface area is 144 Å². The highest BCUT2D eigenvalue weighted by Gasteiger charge is 2.31. The summed E-state index contributed by atoms with van der Waals surface area (Å²) in [6.45, 7) is 5.90. The molecule has 2 aromatic carbocycles. The maximum Gasteiger partial charge on any atom is 0.203 e. The molecule has 0 fully saturated rings. The second-order valence-corrected chi connectivity index (χ2v) is 8.03. The van der Waals surface area contributed by atoms with Crippen molar-refractivity contribution >= 4 is 11.8 Å². The first kappa shape index (κ1) is 15.4. The molecule has 4 rings (SSSR count). The van der Waals surface area contributed by atoms with Crippen molar-refractivity contribution in [2.45, 2.75) is 32.1 Å². The van der Waals surface area contributed by atoms with Crippen molar-refractivity contribution in [2.24, 2.45) is 0 Å². The number of nitrogens with zero attached hydrogens (tertiary/aromatic N) is 2. The van der Waals surface area contributed by atoms with Crippen molar-refractivity contribution in [3.05, 3.63) is 63.2 Å². The Balaban J connectivity index is 2.03. The molecule has 1 aliphatic heterocycles. The van der Waals surface area contributed by atoms with Gasteiger partial charge in [-0.25, -0.2) is 4.58 Å². The first-order valence-electron chi connectivity index (χ1n) is 8.93. The SMILES string of the molecule is CN(C)c1ccc2c(c1)C(C)(C)c1cc3c(cc1=C2)CCC[N+]=3C. The third-order valence-electron chi connectivity index (χ3n) is 5.81. The van der Waals surface area contributed by atoms with Crippen molar-refractivity contribution in [1.29, 1.82) is 0 Å². The number of anilines is 1. The van der Waals surface area contributed by atoms with Gasteiger partial charge in [-0.05, 0) is 52.6 Å². The highest BCUT2D eigenvalue weighted by Crippen LogP contribution is 2.36. The number of fused-ring (bicyclic) bond motifs is 3. The van der Waals surface area contributed by atoms with Crippen LogP contribution in [0.2, 0.25) is 0 Å². The average molecular weight is 319 g/mol. The van der Waals surface area contributed by atoms with E-state index in [0.29, 0.717) is 0 Å². The van der Waals surface area contributed by atoms with Crippen LogP contribution in [0.3, 0.4) is 0 Å². The largest absolute Gasteiger partial charge is 0.378 e. The molecule has 2 aromatic rings. The Kier molecular flexibility index (Phi) is 3.35. The van der Waals surface area contributed by atoms with Gasteiger partial charge in [0, 0.05) is 43.2 Å². The molecule has 0 saturated heterocycles.